The minimum Gasteiger partial charge on any atom is -0.496 e. The van der Waals surface area contributed by atoms with Crippen LogP contribution in [0, 0.1) is 11.3 Å². The maximum absolute atomic E-state index is 8.86. The van der Waals surface area contributed by atoms with Gasteiger partial charge in [0, 0.05) is 13.1 Å². The lowest BCUT2D eigenvalue weighted by molar-refractivity contribution is 0.412. The van der Waals surface area contributed by atoms with Crippen molar-refractivity contribution in [2.24, 2.45) is 0 Å². The van der Waals surface area contributed by atoms with Gasteiger partial charge in [-0.15, -0.1) is 0 Å². The fraction of sp³-hybridized carbons (Fsp3) is 0.188. The van der Waals surface area contributed by atoms with E-state index in [-0.39, 0.29) is 0 Å². The van der Waals surface area contributed by atoms with Gasteiger partial charge >= 0.3 is 0 Å². The Labute approximate surface area is 127 Å². The molecule has 0 aromatic heterocycles. The molecule has 20 heavy (non-hydrogen) atoms. The molecule has 0 amide bonds. The highest BCUT2D eigenvalue weighted by Gasteiger charge is 2.01. The summed E-state index contributed by atoms with van der Waals surface area (Å²) in [4.78, 5) is 0. The smallest absolute Gasteiger partial charge is 0.133 e. The Morgan fingerprint density at radius 2 is 1.90 bits per heavy atom. The van der Waals surface area contributed by atoms with Gasteiger partial charge in [-0.3, -0.25) is 0 Å². The lowest BCUT2D eigenvalue weighted by Gasteiger charge is -2.08. The number of nitrogens with one attached hydrogen (secondary N) is 1. The van der Waals surface area contributed by atoms with E-state index >= 15 is 0 Å². The summed E-state index contributed by atoms with van der Waals surface area (Å²) in [6.45, 7) is 1.50. The van der Waals surface area contributed by atoms with E-state index in [1.54, 1.807) is 7.11 Å². The van der Waals surface area contributed by atoms with Crippen LogP contribution >= 0.6 is 15.9 Å². The van der Waals surface area contributed by atoms with Crippen LogP contribution in [0.5, 0.6) is 5.75 Å². The lowest BCUT2D eigenvalue weighted by Crippen LogP contribution is -2.12. The first kappa shape index (κ1) is 14.6. The van der Waals surface area contributed by atoms with Crippen molar-refractivity contribution in [1.82, 2.24) is 5.32 Å². The normalized spacial score (nSPS) is 10.1. The molecule has 0 aliphatic heterocycles. The average Bonchev–Trinajstić information content (AvgIpc) is 2.48. The molecule has 0 heterocycles. The number of halogens is 1. The highest BCUT2D eigenvalue weighted by atomic mass is 79.9. The van der Waals surface area contributed by atoms with Crippen LogP contribution in [0.1, 0.15) is 16.7 Å². The molecule has 2 aromatic carbocycles. The topological polar surface area (TPSA) is 45.0 Å². The van der Waals surface area contributed by atoms with E-state index < -0.39 is 0 Å². The second-order valence-electron chi connectivity index (χ2n) is 4.38. The largest absolute Gasteiger partial charge is 0.496 e. The van der Waals surface area contributed by atoms with Crippen LogP contribution in [0.2, 0.25) is 0 Å². The first-order chi connectivity index (χ1) is 9.72. The van der Waals surface area contributed by atoms with E-state index in [1.165, 1.54) is 5.56 Å². The maximum atomic E-state index is 8.86. The van der Waals surface area contributed by atoms with Crippen molar-refractivity contribution >= 4 is 15.9 Å². The first-order valence-corrected chi connectivity index (χ1v) is 7.04. The zero-order valence-corrected chi connectivity index (χ0v) is 12.8. The maximum Gasteiger partial charge on any atom is 0.133 e. The second-order valence-corrected chi connectivity index (χ2v) is 5.24. The first-order valence-electron chi connectivity index (χ1n) is 6.25. The van der Waals surface area contributed by atoms with Crippen LogP contribution in [-0.4, -0.2) is 7.11 Å². The summed E-state index contributed by atoms with van der Waals surface area (Å²) >= 11 is 3.47. The monoisotopic (exact) mass is 330 g/mol. The molecular formula is C16H15BrN2O. The van der Waals surface area contributed by atoms with Gasteiger partial charge in [-0.1, -0.05) is 18.2 Å². The third-order valence-corrected chi connectivity index (χ3v) is 3.55. The van der Waals surface area contributed by atoms with Gasteiger partial charge in [0.1, 0.15) is 5.75 Å². The predicted octanol–water partition coefficient (Wildman–Crippen LogP) is 3.62. The third kappa shape index (κ3) is 3.83. The average molecular weight is 331 g/mol. The van der Waals surface area contributed by atoms with Gasteiger partial charge in [0.05, 0.1) is 23.2 Å². The molecule has 1 N–H and O–H groups in total. The summed E-state index contributed by atoms with van der Waals surface area (Å²) in [5, 5.41) is 12.2. The molecule has 0 unspecified atom stereocenters. The van der Waals surface area contributed by atoms with Crippen LogP contribution in [0.25, 0.3) is 0 Å². The molecule has 0 atom stereocenters. The number of methoxy groups -OCH3 is 1. The number of hydrogen-bond donors (Lipinski definition) is 1. The molecule has 4 heteroatoms. The Bertz CT molecular complexity index is 635. The second kappa shape index (κ2) is 7.09. The van der Waals surface area contributed by atoms with Crippen LogP contribution in [-0.2, 0) is 13.1 Å². The van der Waals surface area contributed by atoms with Crippen molar-refractivity contribution < 1.29 is 4.74 Å². The molecule has 0 radical (unpaired) electrons. The SMILES string of the molecule is COc1ccc(CNCc2cccc(C#N)c2)cc1Br. The molecule has 0 bridgehead atoms. The van der Waals surface area contributed by atoms with E-state index in [2.05, 4.69) is 27.3 Å². The van der Waals surface area contributed by atoms with Gasteiger partial charge in [0.25, 0.3) is 0 Å². The van der Waals surface area contributed by atoms with Crippen molar-refractivity contribution in [3.63, 3.8) is 0 Å². The summed E-state index contributed by atoms with van der Waals surface area (Å²) in [6, 6.07) is 15.8. The zero-order chi connectivity index (χ0) is 14.4. The summed E-state index contributed by atoms with van der Waals surface area (Å²) in [5.41, 5.74) is 2.97. The van der Waals surface area contributed by atoms with E-state index in [9.17, 15) is 0 Å². The minimum atomic E-state index is 0.691. The van der Waals surface area contributed by atoms with Gasteiger partial charge < -0.3 is 10.1 Å². The van der Waals surface area contributed by atoms with E-state index in [0.29, 0.717) is 5.56 Å². The molecule has 2 aromatic rings. The molecule has 0 saturated carbocycles. The number of nitriles is 1. The number of ether oxygens (including phenoxy) is 1. The molecule has 2 rings (SSSR count). The Morgan fingerprint density at radius 1 is 1.15 bits per heavy atom. The van der Waals surface area contributed by atoms with Crippen molar-refractivity contribution in [3.05, 3.63) is 63.6 Å². The van der Waals surface area contributed by atoms with E-state index in [0.717, 1.165) is 28.9 Å². The highest BCUT2D eigenvalue weighted by Crippen LogP contribution is 2.25. The Hall–Kier alpha value is -1.83. The van der Waals surface area contributed by atoms with Crippen molar-refractivity contribution in [1.29, 1.82) is 5.26 Å². The molecule has 3 nitrogen and oxygen atoms in total. The molecule has 102 valence electrons. The van der Waals surface area contributed by atoms with Gasteiger partial charge in [0.2, 0.25) is 0 Å². The van der Waals surface area contributed by atoms with E-state index in [1.807, 2.05) is 42.5 Å². The van der Waals surface area contributed by atoms with Gasteiger partial charge in [-0.25, -0.2) is 0 Å². The van der Waals surface area contributed by atoms with Crippen molar-refractivity contribution in [2.75, 3.05) is 7.11 Å². The number of hydrogen-bond acceptors (Lipinski definition) is 3. The van der Waals surface area contributed by atoms with Crippen LogP contribution in [0.4, 0.5) is 0 Å². The lowest BCUT2D eigenvalue weighted by atomic mass is 10.1. The molecule has 0 aliphatic carbocycles. The van der Waals surface area contributed by atoms with Gasteiger partial charge in [-0.05, 0) is 51.3 Å². The van der Waals surface area contributed by atoms with Crippen LogP contribution < -0.4 is 10.1 Å². The van der Waals surface area contributed by atoms with Crippen molar-refractivity contribution in [2.45, 2.75) is 13.1 Å². The Balaban J connectivity index is 1.92. The van der Waals surface area contributed by atoms with Crippen LogP contribution in [0.3, 0.4) is 0 Å². The Kier molecular flexibility index (Phi) is 5.16. The molecule has 0 fully saturated rings. The standard InChI is InChI=1S/C16H15BrN2O/c1-20-16-6-5-14(8-15(16)17)11-19-10-13-4-2-3-12(7-13)9-18/h2-8,19H,10-11H2,1H3. The van der Waals surface area contributed by atoms with Crippen LogP contribution in [0.15, 0.2) is 46.9 Å². The van der Waals surface area contributed by atoms with Gasteiger partial charge in [-0.2, -0.15) is 5.26 Å². The van der Waals surface area contributed by atoms with Gasteiger partial charge in [0.15, 0.2) is 0 Å². The molecular weight excluding hydrogens is 316 g/mol. The zero-order valence-electron chi connectivity index (χ0n) is 11.2. The summed E-state index contributed by atoms with van der Waals surface area (Å²) in [7, 11) is 1.65. The summed E-state index contributed by atoms with van der Waals surface area (Å²) in [5.74, 6) is 0.829. The van der Waals surface area contributed by atoms with E-state index in [4.69, 9.17) is 10.00 Å². The summed E-state index contributed by atoms with van der Waals surface area (Å²) < 4.78 is 6.15. The molecule has 0 saturated heterocycles. The fourth-order valence-corrected chi connectivity index (χ4v) is 2.51. The molecule has 0 spiro atoms. The predicted molar refractivity (Wildman–Crippen MR) is 82.4 cm³/mol. The fourth-order valence-electron chi connectivity index (χ4n) is 1.92. The molecule has 0 aliphatic rings. The summed E-state index contributed by atoms with van der Waals surface area (Å²) in [6.07, 6.45) is 0. The number of nitrogens with zero attached hydrogens (tertiary/aromatic N) is 1. The third-order valence-electron chi connectivity index (χ3n) is 2.93. The number of rotatable bonds is 5. The Morgan fingerprint density at radius 3 is 2.55 bits per heavy atom. The van der Waals surface area contributed by atoms with Crippen molar-refractivity contribution in [3.8, 4) is 11.8 Å². The quantitative estimate of drug-likeness (QED) is 0.910. The number of benzene rings is 2. The highest BCUT2D eigenvalue weighted by molar-refractivity contribution is 9.10. The minimum absolute atomic E-state index is 0.691.